The fourth-order valence-corrected chi connectivity index (χ4v) is 2.41. The largest absolute Gasteiger partial charge is 0.481 e. The predicted octanol–water partition coefficient (Wildman–Crippen LogP) is 3.04. The summed E-state index contributed by atoms with van der Waals surface area (Å²) in [7, 11) is 0. The van der Waals surface area contributed by atoms with Gasteiger partial charge in [-0.1, -0.05) is 6.92 Å². The molecule has 1 saturated carbocycles. The Hall–Kier alpha value is -1.65. The van der Waals surface area contributed by atoms with Crippen LogP contribution in [0.4, 0.5) is 8.78 Å². The first-order valence-electron chi connectivity index (χ1n) is 6.92. The Morgan fingerprint density at radius 1 is 1.30 bits per heavy atom. The highest BCUT2D eigenvalue weighted by Gasteiger charge is 2.20. The third kappa shape index (κ3) is 4.18. The summed E-state index contributed by atoms with van der Waals surface area (Å²) >= 11 is 0. The van der Waals surface area contributed by atoms with Gasteiger partial charge in [-0.3, -0.25) is 4.79 Å². The minimum Gasteiger partial charge on any atom is -0.481 e. The monoisotopic (exact) mass is 283 g/mol. The molecule has 0 saturated heterocycles. The molecule has 1 aliphatic carbocycles. The van der Waals surface area contributed by atoms with E-state index in [1.807, 2.05) is 0 Å². The van der Waals surface area contributed by atoms with E-state index < -0.39 is 11.6 Å². The Morgan fingerprint density at radius 2 is 2.00 bits per heavy atom. The number of hydrogen-bond acceptors (Lipinski definition) is 2. The molecule has 5 heteroatoms. The Kier molecular flexibility index (Phi) is 4.93. The zero-order valence-corrected chi connectivity index (χ0v) is 11.5. The molecule has 1 aromatic rings. The SMILES string of the molecule is CC1CCC(NC(=O)COc2ccc(F)cc2F)CC1. The van der Waals surface area contributed by atoms with Crippen molar-refractivity contribution in [3.63, 3.8) is 0 Å². The molecular formula is C15H19F2NO2. The molecule has 0 radical (unpaired) electrons. The average Bonchev–Trinajstić information content (AvgIpc) is 2.40. The lowest BCUT2D eigenvalue weighted by molar-refractivity contribution is -0.124. The number of benzene rings is 1. The van der Waals surface area contributed by atoms with E-state index in [9.17, 15) is 13.6 Å². The molecular weight excluding hydrogens is 264 g/mol. The molecule has 1 aromatic carbocycles. The van der Waals surface area contributed by atoms with Gasteiger partial charge in [0.1, 0.15) is 5.82 Å². The van der Waals surface area contributed by atoms with Crippen molar-refractivity contribution in [2.24, 2.45) is 5.92 Å². The molecule has 3 nitrogen and oxygen atoms in total. The lowest BCUT2D eigenvalue weighted by Crippen LogP contribution is -2.39. The summed E-state index contributed by atoms with van der Waals surface area (Å²) < 4.78 is 31.1. The molecule has 1 aliphatic rings. The highest BCUT2D eigenvalue weighted by atomic mass is 19.1. The highest BCUT2D eigenvalue weighted by molar-refractivity contribution is 5.77. The fraction of sp³-hybridized carbons (Fsp3) is 0.533. The first kappa shape index (κ1) is 14.8. The van der Waals surface area contributed by atoms with Crippen molar-refractivity contribution in [3.8, 4) is 5.75 Å². The Labute approximate surface area is 117 Å². The van der Waals surface area contributed by atoms with Crippen molar-refractivity contribution in [2.45, 2.75) is 38.6 Å². The minimum atomic E-state index is -0.802. The zero-order chi connectivity index (χ0) is 14.5. The summed E-state index contributed by atoms with van der Waals surface area (Å²) in [5, 5.41) is 2.88. The van der Waals surface area contributed by atoms with Gasteiger partial charge in [0.15, 0.2) is 18.2 Å². The summed E-state index contributed by atoms with van der Waals surface area (Å²) in [6.07, 6.45) is 4.16. The number of carbonyl (C=O) groups excluding carboxylic acids is 1. The summed E-state index contributed by atoms with van der Waals surface area (Å²) in [5.74, 6) is -1.14. The van der Waals surface area contributed by atoms with Crippen LogP contribution >= 0.6 is 0 Å². The second-order valence-corrected chi connectivity index (χ2v) is 5.39. The Bertz CT molecular complexity index is 471. The summed E-state index contributed by atoms with van der Waals surface area (Å²) in [4.78, 5) is 11.7. The molecule has 1 fully saturated rings. The molecule has 0 aliphatic heterocycles. The van der Waals surface area contributed by atoms with Gasteiger partial charge in [0.2, 0.25) is 0 Å². The Balaban J connectivity index is 1.77. The number of rotatable bonds is 4. The molecule has 0 heterocycles. The van der Waals surface area contributed by atoms with Crippen LogP contribution in [0.5, 0.6) is 5.75 Å². The van der Waals surface area contributed by atoms with E-state index in [-0.39, 0.29) is 24.3 Å². The summed E-state index contributed by atoms with van der Waals surface area (Å²) in [6, 6.07) is 3.19. The van der Waals surface area contributed by atoms with Crippen molar-refractivity contribution < 1.29 is 18.3 Å². The number of carbonyl (C=O) groups is 1. The van der Waals surface area contributed by atoms with Gasteiger partial charge in [-0.05, 0) is 43.7 Å². The highest BCUT2D eigenvalue weighted by Crippen LogP contribution is 2.23. The van der Waals surface area contributed by atoms with Gasteiger partial charge in [0.05, 0.1) is 0 Å². The van der Waals surface area contributed by atoms with Gasteiger partial charge < -0.3 is 10.1 Å². The molecule has 2 rings (SSSR count). The van der Waals surface area contributed by atoms with Crippen molar-refractivity contribution in [1.82, 2.24) is 5.32 Å². The van der Waals surface area contributed by atoms with Crippen LogP contribution in [0, 0.1) is 17.6 Å². The van der Waals surface area contributed by atoms with E-state index in [0.29, 0.717) is 5.92 Å². The van der Waals surface area contributed by atoms with Crippen LogP contribution in [-0.4, -0.2) is 18.6 Å². The number of amides is 1. The van der Waals surface area contributed by atoms with Crippen LogP contribution in [0.15, 0.2) is 18.2 Å². The van der Waals surface area contributed by atoms with Crippen LogP contribution in [-0.2, 0) is 4.79 Å². The average molecular weight is 283 g/mol. The maximum atomic E-state index is 13.3. The van der Waals surface area contributed by atoms with Gasteiger partial charge >= 0.3 is 0 Å². The summed E-state index contributed by atoms with van der Waals surface area (Å²) in [5.41, 5.74) is 0. The maximum Gasteiger partial charge on any atom is 0.258 e. The van der Waals surface area contributed by atoms with E-state index >= 15 is 0 Å². The molecule has 110 valence electrons. The zero-order valence-electron chi connectivity index (χ0n) is 11.5. The van der Waals surface area contributed by atoms with Gasteiger partial charge in [-0.25, -0.2) is 8.78 Å². The minimum absolute atomic E-state index is 0.112. The lowest BCUT2D eigenvalue weighted by Gasteiger charge is -2.26. The van der Waals surface area contributed by atoms with Crippen molar-refractivity contribution in [3.05, 3.63) is 29.8 Å². The van der Waals surface area contributed by atoms with Crippen LogP contribution in [0.2, 0.25) is 0 Å². The first-order chi connectivity index (χ1) is 9.54. The molecule has 0 spiro atoms. The second kappa shape index (κ2) is 6.68. The normalized spacial score (nSPS) is 22.4. The first-order valence-corrected chi connectivity index (χ1v) is 6.92. The van der Waals surface area contributed by atoms with Crippen LogP contribution in [0.1, 0.15) is 32.6 Å². The van der Waals surface area contributed by atoms with Gasteiger partial charge in [0.25, 0.3) is 5.91 Å². The van der Waals surface area contributed by atoms with Crippen LogP contribution < -0.4 is 10.1 Å². The van der Waals surface area contributed by atoms with Crippen LogP contribution in [0.3, 0.4) is 0 Å². The van der Waals surface area contributed by atoms with Gasteiger partial charge in [-0.15, -0.1) is 0 Å². The predicted molar refractivity (Wildman–Crippen MR) is 71.4 cm³/mol. The molecule has 1 N–H and O–H groups in total. The molecule has 0 unspecified atom stereocenters. The van der Waals surface area contributed by atoms with E-state index in [0.717, 1.165) is 37.8 Å². The molecule has 0 aromatic heterocycles. The number of nitrogens with one attached hydrogen (secondary N) is 1. The second-order valence-electron chi connectivity index (χ2n) is 5.39. The fourth-order valence-electron chi connectivity index (χ4n) is 2.41. The third-order valence-electron chi connectivity index (χ3n) is 3.63. The standard InChI is InChI=1S/C15H19F2NO2/c1-10-2-5-12(6-3-10)18-15(19)9-20-14-7-4-11(16)8-13(14)17/h4,7-8,10,12H,2-3,5-6,9H2,1H3,(H,18,19). The van der Waals surface area contributed by atoms with Crippen molar-refractivity contribution in [2.75, 3.05) is 6.61 Å². The maximum absolute atomic E-state index is 13.3. The van der Waals surface area contributed by atoms with Gasteiger partial charge in [0, 0.05) is 12.1 Å². The van der Waals surface area contributed by atoms with E-state index in [2.05, 4.69) is 12.2 Å². The van der Waals surface area contributed by atoms with Crippen LogP contribution in [0.25, 0.3) is 0 Å². The Morgan fingerprint density at radius 3 is 2.65 bits per heavy atom. The number of hydrogen-bond donors (Lipinski definition) is 1. The molecule has 0 atom stereocenters. The summed E-state index contributed by atoms with van der Waals surface area (Å²) in [6.45, 7) is 1.95. The third-order valence-corrected chi connectivity index (χ3v) is 3.63. The van der Waals surface area contributed by atoms with Crippen molar-refractivity contribution in [1.29, 1.82) is 0 Å². The topological polar surface area (TPSA) is 38.3 Å². The lowest BCUT2D eigenvalue weighted by atomic mass is 9.87. The van der Waals surface area contributed by atoms with Crippen molar-refractivity contribution >= 4 is 5.91 Å². The van der Waals surface area contributed by atoms with Gasteiger partial charge in [-0.2, -0.15) is 0 Å². The molecule has 20 heavy (non-hydrogen) atoms. The smallest absolute Gasteiger partial charge is 0.258 e. The van der Waals surface area contributed by atoms with E-state index in [1.165, 1.54) is 6.07 Å². The number of halogens is 2. The van der Waals surface area contributed by atoms with E-state index in [4.69, 9.17) is 4.74 Å². The van der Waals surface area contributed by atoms with E-state index in [1.54, 1.807) is 0 Å². The quantitative estimate of drug-likeness (QED) is 0.922. The molecule has 0 bridgehead atoms. The number of ether oxygens (including phenoxy) is 1. The molecule has 1 amide bonds.